The molecule has 0 saturated carbocycles. The first kappa shape index (κ1) is 16.0. The van der Waals surface area contributed by atoms with E-state index >= 15 is 0 Å². The van der Waals surface area contributed by atoms with Gasteiger partial charge in [-0.05, 0) is 0 Å². The lowest BCUT2D eigenvalue weighted by molar-refractivity contribution is 0.346. The highest BCUT2D eigenvalue weighted by molar-refractivity contribution is 5.92. The molecule has 1 heterocycles. The third-order valence-corrected chi connectivity index (χ3v) is 3.35. The molecule has 0 aliphatic rings. The van der Waals surface area contributed by atoms with Crippen molar-refractivity contribution in [3.63, 3.8) is 0 Å². The average Bonchev–Trinajstić information content (AvgIpc) is 2.55. The Morgan fingerprint density at radius 2 is 1.29 bits per heavy atom. The predicted octanol–water partition coefficient (Wildman–Crippen LogP) is 3.50. The maximum absolute atomic E-state index is 14.1. The second kappa shape index (κ2) is 5.05. The van der Waals surface area contributed by atoms with Crippen LogP contribution < -0.4 is 10.2 Å². The molecule has 1 aromatic heterocycles. The van der Waals surface area contributed by atoms with Gasteiger partial charge in [-0.1, -0.05) is 0 Å². The lowest BCUT2D eigenvalue weighted by Gasteiger charge is -2.10. The molecular formula is C14H4F6O4. The van der Waals surface area contributed by atoms with Crippen LogP contribution in [0.5, 0.6) is 11.5 Å². The van der Waals surface area contributed by atoms with E-state index in [0.29, 0.717) is 0 Å². The second-order valence-electron chi connectivity index (χ2n) is 4.61. The maximum atomic E-state index is 14.1. The fourth-order valence-corrected chi connectivity index (χ4v) is 2.25. The Bertz CT molecular complexity index is 1090. The van der Waals surface area contributed by atoms with E-state index in [1.165, 1.54) is 0 Å². The Morgan fingerprint density at radius 1 is 0.792 bits per heavy atom. The van der Waals surface area contributed by atoms with E-state index in [1.54, 1.807) is 0 Å². The van der Waals surface area contributed by atoms with Crippen LogP contribution in [0, 0.1) is 34.9 Å². The Balaban J connectivity index is 2.73. The fraction of sp³-hybridized carbons (Fsp3) is 0.0714. The first-order chi connectivity index (χ1) is 11.2. The van der Waals surface area contributed by atoms with E-state index in [4.69, 9.17) is 5.11 Å². The van der Waals surface area contributed by atoms with Crippen LogP contribution in [0.2, 0.25) is 0 Å². The number of fused-ring (bicyclic) bond motifs is 2. The van der Waals surface area contributed by atoms with Gasteiger partial charge in [0.15, 0.2) is 34.3 Å². The van der Waals surface area contributed by atoms with Gasteiger partial charge in [0.2, 0.25) is 28.7 Å². The van der Waals surface area contributed by atoms with E-state index in [0.717, 1.165) is 7.11 Å². The van der Waals surface area contributed by atoms with E-state index in [1.807, 2.05) is 0 Å². The van der Waals surface area contributed by atoms with Crippen molar-refractivity contribution in [3.8, 4) is 11.5 Å². The molecule has 2 aromatic carbocycles. The standard InChI is InChI=1S/C14H4F6O4/c1-23-14-7(18)5(16)3-10(21)2-4(15)6(17)11(22)8(19)12(2)24-13(3)9(14)20/h22H,1H3. The lowest BCUT2D eigenvalue weighted by atomic mass is 10.1. The van der Waals surface area contributed by atoms with Gasteiger partial charge >= 0.3 is 0 Å². The summed E-state index contributed by atoms with van der Waals surface area (Å²) < 4.78 is 91.7. The minimum atomic E-state index is -2.14. The first-order valence-electron chi connectivity index (χ1n) is 6.08. The number of halogens is 6. The number of methoxy groups -OCH3 is 1. The average molecular weight is 350 g/mol. The summed E-state index contributed by atoms with van der Waals surface area (Å²) in [5.74, 6) is -14.8. The number of phenolic OH excluding ortho intramolecular Hbond substituents is 1. The van der Waals surface area contributed by atoms with Crippen LogP contribution in [0.3, 0.4) is 0 Å². The molecule has 0 aliphatic carbocycles. The van der Waals surface area contributed by atoms with Crippen LogP contribution in [0.25, 0.3) is 21.9 Å². The van der Waals surface area contributed by atoms with E-state index < -0.39 is 73.8 Å². The van der Waals surface area contributed by atoms with Crippen molar-refractivity contribution in [2.75, 3.05) is 7.11 Å². The van der Waals surface area contributed by atoms with Crippen LogP contribution in [0.1, 0.15) is 0 Å². The van der Waals surface area contributed by atoms with Crippen molar-refractivity contribution in [2.24, 2.45) is 0 Å². The van der Waals surface area contributed by atoms with Gasteiger partial charge in [-0.25, -0.2) is 8.78 Å². The summed E-state index contributed by atoms with van der Waals surface area (Å²) in [6, 6.07) is 0. The van der Waals surface area contributed by atoms with Crippen molar-refractivity contribution >= 4 is 21.9 Å². The zero-order chi connectivity index (χ0) is 17.9. The molecule has 0 unspecified atom stereocenters. The molecule has 24 heavy (non-hydrogen) atoms. The molecule has 1 N–H and O–H groups in total. The van der Waals surface area contributed by atoms with Crippen LogP contribution in [-0.2, 0) is 0 Å². The monoisotopic (exact) mass is 350 g/mol. The zero-order valence-corrected chi connectivity index (χ0v) is 11.4. The second-order valence-corrected chi connectivity index (χ2v) is 4.61. The summed E-state index contributed by atoms with van der Waals surface area (Å²) >= 11 is 0. The van der Waals surface area contributed by atoms with Crippen LogP contribution in [-0.4, -0.2) is 12.2 Å². The third-order valence-electron chi connectivity index (χ3n) is 3.35. The topological polar surface area (TPSA) is 59.7 Å². The van der Waals surface area contributed by atoms with Gasteiger partial charge in [0.05, 0.1) is 7.11 Å². The SMILES string of the molecule is COc1c(F)c(F)c2c(=O)c3c(F)c(F)c(O)c(F)c3oc2c1F. The van der Waals surface area contributed by atoms with Gasteiger partial charge in [0, 0.05) is 0 Å². The number of hydrogen-bond donors (Lipinski definition) is 1. The van der Waals surface area contributed by atoms with Gasteiger partial charge in [-0.15, -0.1) is 0 Å². The summed E-state index contributed by atoms with van der Waals surface area (Å²) in [5, 5.41) is 6.26. The zero-order valence-electron chi connectivity index (χ0n) is 11.4. The summed E-state index contributed by atoms with van der Waals surface area (Å²) in [7, 11) is 0.785. The van der Waals surface area contributed by atoms with Crippen molar-refractivity contribution in [2.45, 2.75) is 0 Å². The summed E-state index contributed by atoms with van der Waals surface area (Å²) in [6.45, 7) is 0. The molecule has 0 atom stereocenters. The number of hydrogen-bond acceptors (Lipinski definition) is 4. The van der Waals surface area contributed by atoms with Gasteiger partial charge in [0.1, 0.15) is 10.8 Å². The molecule has 3 rings (SSSR count). The van der Waals surface area contributed by atoms with Crippen molar-refractivity contribution < 1.29 is 40.6 Å². The maximum Gasteiger partial charge on any atom is 0.211 e. The first-order valence-corrected chi connectivity index (χ1v) is 6.08. The molecule has 0 fully saturated rings. The van der Waals surface area contributed by atoms with E-state index in [2.05, 4.69) is 9.15 Å². The quantitative estimate of drug-likeness (QED) is 0.415. The molecule has 0 aliphatic heterocycles. The van der Waals surface area contributed by atoms with Crippen LogP contribution in [0.4, 0.5) is 26.3 Å². The Morgan fingerprint density at radius 3 is 1.83 bits per heavy atom. The molecule has 0 spiro atoms. The van der Waals surface area contributed by atoms with Gasteiger partial charge < -0.3 is 14.3 Å². The molecule has 126 valence electrons. The highest BCUT2D eigenvalue weighted by atomic mass is 19.2. The van der Waals surface area contributed by atoms with Gasteiger partial charge in [-0.3, -0.25) is 4.79 Å². The number of aromatic hydroxyl groups is 1. The smallest absolute Gasteiger partial charge is 0.211 e. The molecule has 3 aromatic rings. The summed E-state index contributed by atoms with van der Waals surface area (Å²) in [4.78, 5) is 12.1. The third kappa shape index (κ3) is 1.79. The minimum Gasteiger partial charge on any atom is -0.503 e. The van der Waals surface area contributed by atoms with Gasteiger partial charge in [0.25, 0.3) is 0 Å². The number of benzene rings is 2. The normalized spacial score (nSPS) is 11.5. The van der Waals surface area contributed by atoms with E-state index in [9.17, 15) is 31.1 Å². The van der Waals surface area contributed by atoms with Crippen molar-refractivity contribution in [1.29, 1.82) is 0 Å². The minimum absolute atomic E-state index is 0.785. The molecule has 10 heteroatoms. The number of rotatable bonds is 1. The van der Waals surface area contributed by atoms with Crippen molar-refractivity contribution in [3.05, 3.63) is 45.1 Å². The van der Waals surface area contributed by atoms with Gasteiger partial charge in [-0.2, -0.15) is 17.6 Å². The Kier molecular flexibility index (Phi) is 3.36. The van der Waals surface area contributed by atoms with Crippen LogP contribution >= 0.6 is 0 Å². The molecule has 0 bridgehead atoms. The molecule has 0 saturated heterocycles. The van der Waals surface area contributed by atoms with Crippen molar-refractivity contribution in [1.82, 2.24) is 0 Å². The summed E-state index contributed by atoms with van der Waals surface area (Å²) in [5.41, 5.74) is -4.41. The predicted molar refractivity (Wildman–Crippen MR) is 68.0 cm³/mol. The Hall–Kier alpha value is -2.91. The van der Waals surface area contributed by atoms with Crippen LogP contribution in [0.15, 0.2) is 9.21 Å². The lowest BCUT2D eigenvalue weighted by Crippen LogP contribution is -2.12. The largest absolute Gasteiger partial charge is 0.503 e. The molecule has 4 nitrogen and oxygen atoms in total. The molecule has 0 radical (unpaired) electrons. The fourth-order valence-electron chi connectivity index (χ4n) is 2.25. The highest BCUT2D eigenvalue weighted by Crippen LogP contribution is 2.36. The highest BCUT2D eigenvalue weighted by Gasteiger charge is 2.30. The van der Waals surface area contributed by atoms with E-state index in [-0.39, 0.29) is 0 Å². The Labute approximate surface area is 127 Å². The number of phenols is 1. The summed E-state index contributed by atoms with van der Waals surface area (Å²) in [6.07, 6.45) is 0. The molecular weight excluding hydrogens is 346 g/mol. The molecule has 0 amide bonds. The number of ether oxygens (including phenoxy) is 1.